The van der Waals surface area contributed by atoms with E-state index in [2.05, 4.69) is 59.2 Å². The van der Waals surface area contributed by atoms with E-state index in [-0.39, 0.29) is 0 Å². The minimum atomic E-state index is 0.695. The maximum Gasteiger partial charge on any atom is 0.145 e. The van der Waals surface area contributed by atoms with Crippen molar-refractivity contribution in [2.75, 3.05) is 0 Å². The van der Waals surface area contributed by atoms with Crippen LogP contribution in [0.5, 0.6) is 0 Å². The van der Waals surface area contributed by atoms with E-state index < -0.39 is 0 Å². The summed E-state index contributed by atoms with van der Waals surface area (Å²) in [5.74, 6) is 0.885. The quantitative estimate of drug-likeness (QED) is 0.301. The fraction of sp³-hybridized carbons (Fsp3) is 0. The first-order valence-electron chi connectivity index (χ1n) is 9.86. The Morgan fingerprint density at radius 2 is 1.13 bits per heavy atom. The highest BCUT2D eigenvalue weighted by atomic mass is 35.5. The number of rotatable bonds is 4. The van der Waals surface area contributed by atoms with Crippen LogP contribution in [0.15, 0.2) is 115 Å². The van der Waals surface area contributed by atoms with Crippen molar-refractivity contribution in [2.45, 2.75) is 0 Å². The SMILES string of the molecule is Clc1cccc(-n2c(-c3ccccc3)nc(-c3ccccc3)c2-c2ccccc2)c1. The maximum absolute atomic E-state index is 6.38. The summed E-state index contributed by atoms with van der Waals surface area (Å²) in [6.07, 6.45) is 0. The molecule has 144 valence electrons. The van der Waals surface area contributed by atoms with Gasteiger partial charge in [-0.1, -0.05) is 109 Å². The van der Waals surface area contributed by atoms with Gasteiger partial charge in [0.05, 0.1) is 11.4 Å². The third-order valence-corrected chi connectivity index (χ3v) is 5.31. The number of hydrogen-bond donors (Lipinski definition) is 0. The van der Waals surface area contributed by atoms with Gasteiger partial charge in [-0.2, -0.15) is 0 Å². The van der Waals surface area contributed by atoms with Crippen LogP contribution >= 0.6 is 11.6 Å². The molecule has 1 aromatic heterocycles. The van der Waals surface area contributed by atoms with Crippen molar-refractivity contribution in [3.05, 3.63) is 120 Å². The number of benzene rings is 4. The molecule has 0 bridgehead atoms. The summed E-state index contributed by atoms with van der Waals surface area (Å²) in [6.45, 7) is 0. The van der Waals surface area contributed by atoms with Gasteiger partial charge in [0, 0.05) is 27.4 Å². The van der Waals surface area contributed by atoms with Crippen molar-refractivity contribution in [2.24, 2.45) is 0 Å². The predicted octanol–water partition coefficient (Wildman–Crippen LogP) is 7.53. The highest BCUT2D eigenvalue weighted by molar-refractivity contribution is 6.30. The van der Waals surface area contributed by atoms with Crippen LogP contribution in [0.4, 0.5) is 0 Å². The molecule has 5 aromatic rings. The van der Waals surface area contributed by atoms with Crippen LogP contribution in [-0.4, -0.2) is 9.55 Å². The van der Waals surface area contributed by atoms with Crippen molar-refractivity contribution in [1.82, 2.24) is 9.55 Å². The lowest BCUT2D eigenvalue weighted by Crippen LogP contribution is -2.00. The van der Waals surface area contributed by atoms with Gasteiger partial charge in [0.1, 0.15) is 5.82 Å². The van der Waals surface area contributed by atoms with Crippen molar-refractivity contribution in [3.8, 4) is 39.6 Å². The molecule has 0 aliphatic rings. The lowest BCUT2D eigenvalue weighted by Gasteiger charge is -2.14. The van der Waals surface area contributed by atoms with Gasteiger partial charge < -0.3 is 0 Å². The molecule has 0 aliphatic carbocycles. The maximum atomic E-state index is 6.38. The zero-order chi connectivity index (χ0) is 20.3. The summed E-state index contributed by atoms with van der Waals surface area (Å²) in [5, 5.41) is 0.695. The molecule has 0 N–H and O–H groups in total. The van der Waals surface area contributed by atoms with E-state index >= 15 is 0 Å². The van der Waals surface area contributed by atoms with E-state index in [4.69, 9.17) is 16.6 Å². The lowest BCUT2D eigenvalue weighted by atomic mass is 10.0. The Bertz CT molecular complexity index is 1280. The van der Waals surface area contributed by atoms with E-state index in [0.29, 0.717) is 5.02 Å². The molecule has 0 saturated heterocycles. The molecule has 30 heavy (non-hydrogen) atoms. The third kappa shape index (κ3) is 3.42. The molecular formula is C27H19ClN2. The molecule has 0 aliphatic heterocycles. The standard InChI is InChI=1S/C27H19ClN2/c28-23-17-10-18-24(19-23)30-26(21-13-6-2-7-14-21)25(20-11-4-1-5-12-20)29-27(30)22-15-8-3-9-16-22/h1-19H. The molecule has 5 rings (SSSR count). The van der Waals surface area contributed by atoms with E-state index in [1.807, 2.05) is 60.7 Å². The van der Waals surface area contributed by atoms with Gasteiger partial charge in [0.25, 0.3) is 0 Å². The Kier molecular flexibility index (Phi) is 4.92. The summed E-state index contributed by atoms with van der Waals surface area (Å²) >= 11 is 6.38. The van der Waals surface area contributed by atoms with Gasteiger partial charge in [-0.3, -0.25) is 4.57 Å². The number of halogens is 1. The number of nitrogens with zero attached hydrogens (tertiary/aromatic N) is 2. The Labute approximate surface area is 181 Å². The minimum Gasteiger partial charge on any atom is -0.292 e. The zero-order valence-corrected chi connectivity index (χ0v) is 17.0. The average Bonchev–Trinajstić information content (AvgIpc) is 3.22. The normalized spacial score (nSPS) is 10.8. The summed E-state index contributed by atoms with van der Waals surface area (Å²) in [4.78, 5) is 5.15. The molecule has 4 aromatic carbocycles. The molecule has 3 heteroatoms. The Morgan fingerprint density at radius 3 is 1.73 bits per heavy atom. The topological polar surface area (TPSA) is 17.8 Å². The second-order valence-corrected chi connectivity index (χ2v) is 7.48. The fourth-order valence-corrected chi connectivity index (χ4v) is 3.91. The minimum absolute atomic E-state index is 0.695. The second kappa shape index (κ2) is 8.02. The van der Waals surface area contributed by atoms with Crippen LogP contribution < -0.4 is 0 Å². The predicted molar refractivity (Wildman–Crippen MR) is 125 cm³/mol. The first-order valence-corrected chi connectivity index (χ1v) is 10.2. The van der Waals surface area contributed by atoms with Crippen molar-refractivity contribution in [3.63, 3.8) is 0 Å². The van der Waals surface area contributed by atoms with Crippen molar-refractivity contribution in [1.29, 1.82) is 0 Å². The molecule has 0 saturated carbocycles. The molecule has 0 atom stereocenters. The first kappa shape index (κ1) is 18.4. The van der Waals surface area contributed by atoms with Crippen LogP contribution in [0.2, 0.25) is 5.02 Å². The fourth-order valence-electron chi connectivity index (χ4n) is 3.73. The largest absolute Gasteiger partial charge is 0.292 e. The first-order chi connectivity index (χ1) is 14.8. The number of imidazole rings is 1. The van der Waals surface area contributed by atoms with Crippen LogP contribution in [0.3, 0.4) is 0 Å². The highest BCUT2D eigenvalue weighted by Gasteiger charge is 2.22. The third-order valence-electron chi connectivity index (χ3n) is 5.07. The Hall–Kier alpha value is -3.62. The monoisotopic (exact) mass is 406 g/mol. The molecular weight excluding hydrogens is 388 g/mol. The van der Waals surface area contributed by atoms with Crippen molar-refractivity contribution >= 4 is 11.6 Å². The molecule has 2 nitrogen and oxygen atoms in total. The lowest BCUT2D eigenvalue weighted by molar-refractivity contribution is 1.07. The Morgan fingerprint density at radius 1 is 0.567 bits per heavy atom. The van der Waals surface area contributed by atoms with Crippen LogP contribution in [0, 0.1) is 0 Å². The number of aromatic nitrogens is 2. The molecule has 0 unspecified atom stereocenters. The molecule has 1 heterocycles. The smallest absolute Gasteiger partial charge is 0.145 e. The molecule has 0 spiro atoms. The highest BCUT2D eigenvalue weighted by Crippen LogP contribution is 2.38. The van der Waals surface area contributed by atoms with Gasteiger partial charge in [0.2, 0.25) is 0 Å². The van der Waals surface area contributed by atoms with E-state index in [1.165, 1.54) is 0 Å². The van der Waals surface area contributed by atoms with Crippen LogP contribution in [0.1, 0.15) is 0 Å². The number of hydrogen-bond acceptors (Lipinski definition) is 1. The van der Waals surface area contributed by atoms with Gasteiger partial charge in [-0.05, 0) is 18.2 Å². The molecule has 0 fully saturated rings. The van der Waals surface area contributed by atoms with Gasteiger partial charge >= 0.3 is 0 Å². The molecule has 0 radical (unpaired) electrons. The average molecular weight is 407 g/mol. The van der Waals surface area contributed by atoms with Gasteiger partial charge in [0.15, 0.2) is 0 Å². The van der Waals surface area contributed by atoms with Crippen molar-refractivity contribution < 1.29 is 0 Å². The zero-order valence-electron chi connectivity index (χ0n) is 16.2. The van der Waals surface area contributed by atoms with Crippen LogP contribution in [0.25, 0.3) is 39.6 Å². The Balaban J connectivity index is 1.90. The van der Waals surface area contributed by atoms with Crippen LogP contribution in [-0.2, 0) is 0 Å². The summed E-state index contributed by atoms with van der Waals surface area (Å²) < 4.78 is 2.21. The summed E-state index contributed by atoms with van der Waals surface area (Å²) in [7, 11) is 0. The van der Waals surface area contributed by atoms with Gasteiger partial charge in [-0.25, -0.2) is 4.98 Å². The van der Waals surface area contributed by atoms with Gasteiger partial charge in [-0.15, -0.1) is 0 Å². The van der Waals surface area contributed by atoms with E-state index in [0.717, 1.165) is 39.6 Å². The van der Waals surface area contributed by atoms with E-state index in [9.17, 15) is 0 Å². The summed E-state index contributed by atoms with van der Waals surface area (Å²) in [5.41, 5.74) is 6.20. The van der Waals surface area contributed by atoms with E-state index in [1.54, 1.807) is 0 Å². The summed E-state index contributed by atoms with van der Waals surface area (Å²) in [6, 6.07) is 38.9. The molecule has 0 amide bonds. The second-order valence-electron chi connectivity index (χ2n) is 7.05.